The quantitative estimate of drug-likeness (QED) is 0.939. The van der Waals surface area contributed by atoms with Crippen molar-refractivity contribution in [3.63, 3.8) is 0 Å². The van der Waals surface area contributed by atoms with Gasteiger partial charge in [-0.05, 0) is 59.5 Å². The van der Waals surface area contributed by atoms with Crippen molar-refractivity contribution >= 4 is 17.2 Å². The lowest BCUT2D eigenvalue weighted by Crippen LogP contribution is -2.44. The minimum absolute atomic E-state index is 0.0412. The first-order valence-corrected chi connectivity index (χ1v) is 8.57. The summed E-state index contributed by atoms with van der Waals surface area (Å²) in [6, 6.07) is 10.9. The minimum atomic E-state index is -0.101. The van der Waals surface area contributed by atoms with Gasteiger partial charge in [-0.15, -0.1) is 0 Å². The molecule has 1 fully saturated rings. The molecule has 0 radical (unpaired) electrons. The summed E-state index contributed by atoms with van der Waals surface area (Å²) in [6.07, 6.45) is 1.83. The molecule has 1 aliphatic heterocycles. The fourth-order valence-electron chi connectivity index (χ4n) is 2.94. The molecule has 3 rings (SSSR count). The monoisotopic (exact) mass is 326 g/mol. The number of nitrogens with zero attached hydrogens (tertiary/aromatic N) is 1. The number of thiophene rings is 1. The number of ether oxygens (including phenoxy) is 1. The molecule has 23 heavy (non-hydrogen) atoms. The van der Waals surface area contributed by atoms with Crippen LogP contribution in [0.15, 0.2) is 41.1 Å². The molecule has 0 spiro atoms. The number of hydrogen-bond donors (Lipinski definition) is 1. The standard InChI is InChI=1S/C18H18N2O2S/c19-11-14-1-3-15(4-2-14)17(21)20-13-18(6-8-22-9-7-18)16-5-10-23-12-16/h1-5,10,12H,6-9,13H2,(H,20,21). The molecule has 1 aliphatic rings. The van der Waals surface area contributed by atoms with Crippen LogP contribution in [0.1, 0.15) is 34.3 Å². The van der Waals surface area contributed by atoms with Gasteiger partial charge >= 0.3 is 0 Å². The molecule has 0 unspecified atom stereocenters. The van der Waals surface area contributed by atoms with Gasteiger partial charge < -0.3 is 10.1 Å². The molecular weight excluding hydrogens is 308 g/mol. The number of benzene rings is 1. The summed E-state index contributed by atoms with van der Waals surface area (Å²) in [7, 11) is 0. The Balaban J connectivity index is 1.71. The maximum absolute atomic E-state index is 12.4. The van der Waals surface area contributed by atoms with Crippen molar-refractivity contribution in [2.24, 2.45) is 0 Å². The molecule has 118 valence electrons. The van der Waals surface area contributed by atoms with Gasteiger partial charge in [0.05, 0.1) is 11.6 Å². The summed E-state index contributed by atoms with van der Waals surface area (Å²) >= 11 is 1.68. The first kappa shape index (κ1) is 15.7. The third kappa shape index (κ3) is 3.44. The molecule has 2 heterocycles. The molecule has 5 heteroatoms. The van der Waals surface area contributed by atoms with Crippen LogP contribution in [0.5, 0.6) is 0 Å². The van der Waals surface area contributed by atoms with Gasteiger partial charge in [0, 0.05) is 30.7 Å². The maximum Gasteiger partial charge on any atom is 0.251 e. The molecule has 1 saturated heterocycles. The van der Waals surface area contributed by atoms with Crippen LogP contribution in [0.3, 0.4) is 0 Å². The van der Waals surface area contributed by atoms with Crippen LogP contribution >= 0.6 is 11.3 Å². The maximum atomic E-state index is 12.4. The van der Waals surface area contributed by atoms with Gasteiger partial charge in [0.2, 0.25) is 0 Å². The number of amides is 1. The lowest BCUT2D eigenvalue weighted by molar-refractivity contribution is 0.0488. The van der Waals surface area contributed by atoms with Gasteiger partial charge in [-0.1, -0.05) is 0 Å². The normalized spacial score (nSPS) is 16.5. The Hall–Kier alpha value is -2.16. The summed E-state index contributed by atoms with van der Waals surface area (Å²) in [4.78, 5) is 12.4. The van der Waals surface area contributed by atoms with Gasteiger partial charge in [0.25, 0.3) is 5.91 Å². The van der Waals surface area contributed by atoms with Gasteiger partial charge in [-0.2, -0.15) is 16.6 Å². The molecule has 1 N–H and O–H groups in total. The molecule has 1 amide bonds. The summed E-state index contributed by atoms with van der Waals surface area (Å²) in [5, 5.41) is 16.1. The van der Waals surface area contributed by atoms with E-state index in [1.807, 2.05) is 0 Å². The molecule has 2 aromatic rings. The third-order valence-electron chi connectivity index (χ3n) is 4.45. The Kier molecular flexibility index (Phi) is 4.75. The van der Waals surface area contributed by atoms with Crippen molar-refractivity contribution in [1.82, 2.24) is 5.32 Å². The average molecular weight is 326 g/mol. The second-order valence-corrected chi connectivity index (χ2v) is 6.56. The molecule has 0 bridgehead atoms. The number of carbonyl (C=O) groups excluding carboxylic acids is 1. The summed E-state index contributed by atoms with van der Waals surface area (Å²) < 4.78 is 5.50. The molecule has 1 aromatic heterocycles. The van der Waals surface area contributed by atoms with E-state index < -0.39 is 0 Å². The first-order chi connectivity index (χ1) is 11.2. The molecule has 4 nitrogen and oxygen atoms in total. The Labute approximate surface area is 139 Å². The topological polar surface area (TPSA) is 62.1 Å². The summed E-state index contributed by atoms with van der Waals surface area (Å²) in [5.41, 5.74) is 2.38. The largest absolute Gasteiger partial charge is 0.381 e. The van der Waals surface area contributed by atoms with Gasteiger partial charge in [0.15, 0.2) is 0 Å². The van der Waals surface area contributed by atoms with E-state index in [9.17, 15) is 4.79 Å². The van der Waals surface area contributed by atoms with Crippen LogP contribution in [-0.4, -0.2) is 25.7 Å². The van der Waals surface area contributed by atoms with Gasteiger partial charge in [-0.25, -0.2) is 0 Å². The Bertz CT molecular complexity index is 696. The van der Waals surface area contributed by atoms with Crippen LogP contribution < -0.4 is 5.32 Å². The van der Waals surface area contributed by atoms with E-state index in [4.69, 9.17) is 10.00 Å². The minimum Gasteiger partial charge on any atom is -0.381 e. The molecule has 0 saturated carbocycles. The molecule has 0 aliphatic carbocycles. The number of hydrogen-bond acceptors (Lipinski definition) is 4. The Morgan fingerprint density at radius 3 is 2.61 bits per heavy atom. The zero-order valence-corrected chi connectivity index (χ0v) is 13.6. The zero-order valence-electron chi connectivity index (χ0n) is 12.7. The van der Waals surface area contributed by atoms with Crippen LogP contribution in [0.25, 0.3) is 0 Å². The highest BCUT2D eigenvalue weighted by molar-refractivity contribution is 7.08. The Morgan fingerprint density at radius 2 is 2.00 bits per heavy atom. The van der Waals surface area contributed by atoms with Crippen molar-refractivity contribution in [2.75, 3.05) is 19.8 Å². The van der Waals surface area contributed by atoms with E-state index >= 15 is 0 Å². The summed E-state index contributed by atoms with van der Waals surface area (Å²) in [5.74, 6) is -0.101. The molecular formula is C18H18N2O2S. The molecule has 0 atom stereocenters. The second-order valence-electron chi connectivity index (χ2n) is 5.78. The molecule has 1 aromatic carbocycles. The van der Waals surface area contributed by atoms with E-state index in [1.54, 1.807) is 35.6 Å². The van der Waals surface area contributed by atoms with Crippen LogP contribution in [0.2, 0.25) is 0 Å². The van der Waals surface area contributed by atoms with Gasteiger partial charge in [-0.3, -0.25) is 4.79 Å². The average Bonchev–Trinajstić information content (AvgIpc) is 3.16. The van der Waals surface area contributed by atoms with E-state index in [1.165, 1.54) is 5.56 Å². The number of nitrogens with one attached hydrogen (secondary N) is 1. The highest BCUT2D eigenvalue weighted by atomic mass is 32.1. The van der Waals surface area contributed by atoms with E-state index in [0.717, 1.165) is 26.1 Å². The fraction of sp³-hybridized carbons (Fsp3) is 0.333. The lowest BCUT2D eigenvalue weighted by atomic mass is 9.75. The van der Waals surface area contributed by atoms with Crippen molar-refractivity contribution in [3.05, 3.63) is 57.8 Å². The predicted octanol–water partition coefficient (Wildman–Crippen LogP) is 3.10. The van der Waals surface area contributed by atoms with Crippen LogP contribution in [-0.2, 0) is 10.2 Å². The van der Waals surface area contributed by atoms with Crippen molar-refractivity contribution in [2.45, 2.75) is 18.3 Å². The van der Waals surface area contributed by atoms with Crippen molar-refractivity contribution in [1.29, 1.82) is 5.26 Å². The van der Waals surface area contributed by atoms with E-state index in [-0.39, 0.29) is 11.3 Å². The summed E-state index contributed by atoms with van der Waals surface area (Å²) in [6.45, 7) is 2.05. The van der Waals surface area contributed by atoms with Crippen LogP contribution in [0.4, 0.5) is 0 Å². The van der Waals surface area contributed by atoms with Gasteiger partial charge in [0.1, 0.15) is 0 Å². The lowest BCUT2D eigenvalue weighted by Gasteiger charge is -2.37. The number of carbonyl (C=O) groups is 1. The zero-order chi connectivity index (χ0) is 16.1. The highest BCUT2D eigenvalue weighted by Gasteiger charge is 2.35. The van der Waals surface area contributed by atoms with Crippen molar-refractivity contribution in [3.8, 4) is 6.07 Å². The SMILES string of the molecule is N#Cc1ccc(C(=O)NCC2(c3ccsc3)CCOCC2)cc1. The van der Waals surface area contributed by atoms with E-state index in [0.29, 0.717) is 17.7 Å². The number of rotatable bonds is 4. The Morgan fingerprint density at radius 1 is 1.26 bits per heavy atom. The second kappa shape index (κ2) is 6.95. The smallest absolute Gasteiger partial charge is 0.251 e. The van der Waals surface area contributed by atoms with Crippen LogP contribution in [0, 0.1) is 11.3 Å². The first-order valence-electron chi connectivity index (χ1n) is 7.62. The van der Waals surface area contributed by atoms with E-state index in [2.05, 4.69) is 28.2 Å². The number of nitriles is 1. The predicted molar refractivity (Wildman–Crippen MR) is 89.5 cm³/mol. The third-order valence-corrected chi connectivity index (χ3v) is 5.13. The fourth-order valence-corrected chi connectivity index (χ4v) is 3.72. The highest BCUT2D eigenvalue weighted by Crippen LogP contribution is 2.35. The van der Waals surface area contributed by atoms with Crippen molar-refractivity contribution < 1.29 is 9.53 Å².